The summed E-state index contributed by atoms with van der Waals surface area (Å²) in [6.07, 6.45) is 1.03. The Morgan fingerprint density at radius 1 is 1.15 bits per heavy atom. The lowest BCUT2D eigenvalue weighted by molar-refractivity contribution is -0.118. The van der Waals surface area contributed by atoms with E-state index in [0.29, 0.717) is 34.8 Å². The fourth-order valence-electron chi connectivity index (χ4n) is 4.95. The van der Waals surface area contributed by atoms with Gasteiger partial charge in [-0.15, -0.1) is 0 Å². The van der Waals surface area contributed by atoms with Crippen LogP contribution >= 0.6 is 11.6 Å². The summed E-state index contributed by atoms with van der Waals surface area (Å²) in [5, 5.41) is 18.4. The third kappa shape index (κ3) is 3.68. The summed E-state index contributed by atoms with van der Waals surface area (Å²) in [5.41, 5.74) is 10.8. The number of hydrogen-bond donors (Lipinski definition) is 2. The Bertz CT molecular complexity index is 1380. The number of nitrogens with zero attached hydrogens (tertiary/aromatic N) is 3. The molecule has 3 N–H and O–H groups in total. The van der Waals surface area contributed by atoms with Crippen LogP contribution in [0.4, 0.5) is 5.82 Å². The molecule has 0 saturated carbocycles. The molecule has 1 unspecified atom stereocenters. The zero-order chi connectivity index (χ0) is 24.0. The van der Waals surface area contributed by atoms with Gasteiger partial charge < -0.3 is 5.73 Å². The molecule has 1 aromatic heterocycles. The largest absolute Gasteiger partial charge is 0.384 e. The fourth-order valence-corrected chi connectivity index (χ4v) is 5.08. The number of ketones is 1. The predicted octanol–water partition coefficient (Wildman–Crippen LogP) is 5.67. The first-order valence-corrected chi connectivity index (χ1v) is 11.5. The van der Waals surface area contributed by atoms with Gasteiger partial charge in [-0.3, -0.25) is 14.8 Å². The van der Waals surface area contributed by atoms with Crippen LogP contribution in [0, 0.1) is 16.7 Å². The summed E-state index contributed by atoms with van der Waals surface area (Å²) in [7, 11) is 0. The number of allylic oxidation sites excluding steroid dienone is 3. The molecule has 1 aliphatic carbocycles. The molecular weight excluding hydrogens is 446 g/mol. The molecule has 0 bridgehead atoms. The van der Waals surface area contributed by atoms with Crippen molar-refractivity contribution in [2.45, 2.75) is 32.6 Å². The lowest BCUT2D eigenvalue weighted by Crippen LogP contribution is -2.42. The number of rotatable bonds is 3. The summed E-state index contributed by atoms with van der Waals surface area (Å²) < 4.78 is 0. The standard InChI is InChI=1S/C27H24ClN5O/c1-27(2)13-21-25(22(34)14-27)24(17-8-10-18(28)11-9-17)19(15-29)26(30)33(21)23-12-20(31-32-23)16-6-4-3-5-7-16/h3-12,24H,13-14,30H2,1-2H3,(H,31,32). The Morgan fingerprint density at radius 2 is 1.85 bits per heavy atom. The molecule has 1 aliphatic heterocycles. The monoisotopic (exact) mass is 469 g/mol. The lowest BCUT2D eigenvalue weighted by atomic mass is 9.68. The van der Waals surface area contributed by atoms with Gasteiger partial charge in [0, 0.05) is 28.8 Å². The summed E-state index contributed by atoms with van der Waals surface area (Å²) in [5.74, 6) is 0.328. The SMILES string of the molecule is CC1(C)CC(=O)C2=C(C1)N(c1cc(-c3ccccc3)[nH]n1)C(N)=C(C#N)C2c1ccc(Cl)cc1. The Labute approximate surface area is 203 Å². The van der Waals surface area contributed by atoms with E-state index >= 15 is 0 Å². The van der Waals surface area contributed by atoms with Gasteiger partial charge in [-0.05, 0) is 35.1 Å². The summed E-state index contributed by atoms with van der Waals surface area (Å²) >= 11 is 6.11. The minimum atomic E-state index is -0.537. The van der Waals surface area contributed by atoms with Crippen LogP contribution in [0.5, 0.6) is 0 Å². The second kappa shape index (κ2) is 8.19. The molecule has 5 rings (SSSR count). The number of nitrogens with two attached hydrogens (primary N) is 1. The van der Waals surface area contributed by atoms with Crippen LogP contribution in [-0.2, 0) is 4.79 Å². The number of nitrogens with one attached hydrogen (secondary N) is 1. The molecule has 3 aromatic rings. The number of H-pyrrole nitrogens is 1. The van der Waals surface area contributed by atoms with Crippen LogP contribution in [0.15, 0.2) is 83.3 Å². The van der Waals surface area contributed by atoms with Crippen LogP contribution in [0.25, 0.3) is 11.3 Å². The Morgan fingerprint density at radius 3 is 2.53 bits per heavy atom. The van der Waals surface area contributed by atoms with E-state index in [4.69, 9.17) is 17.3 Å². The average Bonchev–Trinajstić information content (AvgIpc) is 3.28. The minimum Gasteiger partial charge on any atom is -0.384 e. The van der Waals surface area contributed by atoms with E-state index in [-0.39, 0.29) is 17.0 Å². The van der Waals surface area contributed by atoms with Crippen LogP contribution in [-0.4, -0.2) is 16.0 Å². The highest BCUT2D eigenvalue weighted by atomic mass is 35.5. The zero-order valence-corrected chi connectivity index (χ0v) is 19.7. The van der Waals surface area contributed by atoms with Gasteiger partial charge in [-0.25, -0.2) is 0 Å². The quantitative estimate of drug-likeness (QED) is 0.514. The highest BCUT2D eigenvalue weighted by Gasteiger charge is 2.45. The first-order valence-electron chi connectivity index (χ1n) is 11.1. The molecule has 2 heterocycles. The summed E-state index contributed by atoms with van der Waals surface area (Å²) in [6, 6.07) is 21.3. The van der Waals surface area contributed by atoms with E-state index in [2.05, 4.69) is 30.1 Å². The maximum Gasteiger partial charge on any atom is 0.162 e. The number of benzene rings is 2. The van der Waals surface area contributed by atoms with Crippen molar-refractivity contribution >= 4 is 23.2 Å². The first-order chi connectivity index (χ1) is 16.3. The number of carbonyl (C=O) groups is 1. The van der Waals surface area contributed by atoms with Crippen LogP contribution in [0.1, 0.15) is 38.2 Å². The average molecular weight is 470 g/mol. The van der Waals surface area contributed by atoms with Crippen molar-refractivity contribution in [1.29, 1.82) is 5.26 Å². The molecular formula is C27H24ClN5O. The molecule has 0 amide bonds. The maximum absolute atomic E-state index is 13.6. The van der Waals surface area contributed by atoms with E-state index < -0.39 is 5.92 Å². The number of nitriles is 1. The van der Waals surface area contributed by atoms with Crippen molar-refractivity contribution in [3.63, 3.8) is 0 Å². The van der Waals surface area contributed by atoms with Crippen LogP contribution in [0.3, 0.4) is 0 Å². The molecule has 0 spiro atoms. The smallest absolute Gasteiger partial charge is 0.162 e. The van der Waals surface area contributed by atoms with Gasteiger partial charge in [0.1, 0.15) is 5.82 Å². The van der Waals surface area contributed by atoms with Crippen molar-refractivity contribution in [3.8, 4) is 17.3 Å². The number of halogens is 1. The van der Waals surface area contributed by atoms with Gasteiger partial charge in [0.2, 0.25) is 0 Å². The van der Waals surface area contributed by atoms with Gasteiger partial charge in [0.15, 0.2) is 11.6 Å². The molecule has 7 heteroatoms. The van der Waals surface area contributed by atoms with Crippen LogP contribution in [0.2, 0.25) is 5.02 Å². The number of carbonyl (C=O) groups excluding carboxylic acids is 1. The Kier molecular flexibility index (Phi) is 5.30. The van der Waals surface area contributed by atoms with Crippen molar-refractivity contribution in [2.24, 2.45) is 11.1 Å². The van der Waals surface area contributed by atoms with E-state index in [9.17, 15) is 10.1 Å². The number of aromatic amines is 1. The molecule has 1 atom stereocenters. The molecule has 2 aromatic carbocycles. The van der Waals surface area contributed by atoms with Crippen LogP contribution < -0.4 is 10.6 Å². The molecule has 34 heavy (non-hydrogen) atoms. The zero-order valence-electron chi connectivity index (χ0n) is 19.0. The number of hydrogen-bond acceptors (Lipinski definition) is 5. The predicted molar refractivity (Wildman–Crippen MR) is 133 cm³/mol. The van der Waals surface area contributed by atoms with E-state index in [1.165, 1.54) is 0 Å². The number of anilines is 1. The van der Waals surface area contributed by atoms with Gasteiger partial charge in [-0.2, -0.15) is 10.4 Å². The van der Waals surface area contributed by atoms with Crippen molar-refractivity contribution in [3.05, 3.63) is 93.9 Å². The van der Waals surface area contributed by atoms with Gasteiger partial charge >= 0.3 is 0 Å². The highest BCUT2D eigenvalue weighted by molar-refractivity contribution is 6.30. The molecule has 2 aliphatic rings. The molecule has 0 saturated heterocycles. The second-order valence-corrected chi connectivity index (χ2v) is 9.97. The minimum absolute atomic E-state index is 0.0234. The van der Waals surface area contributed by atoms with Gasteiger partial charge in [0.05, 0.1) is 23.3 Å². The van der Waals surface area contributed by atoms with E-state index in [1.807, 2.05) is 48.5 Å². The number of Topliss-reactive ketones (excluding diaryl/α,β-unsaturated/α-hetero) is 1. The Hall–Kier alpha value is -3.82. The third-order valence-corrected chi connectivity index (χ3v) is 6.71. The van der Waals surface area contributed by atoms with Crippen molar-refractivity contribution in [1.82, 2.24) is 10.2 Å². The first kappa shape index (κ1) is 22.0. The third-order valence-electron chi connectivity index (χ3n) is 6.46. The van der Waals surface area contributed by atoms with Crippen molar-refractivity contribution in [2.75, 3.05) is 4.90 Å². The molecule has 0 radical (unpaired) electrons. The lowest BCUT2D eigenvalue weighted by Gasteiger charge is -2.43. The normalized spacial score (nSPS) is 19.8. The molecule has 170 valence electrons. The topological polar surface area (TPSA) is 98.8 Å². The maximum atomic E-state index is 13.6. The molecule has 0 fully saturated rings. The fraction of sp³-hybridized carbons (Fsp3) is 0.222. The highest BCUT2D eigenvalue weighted by Crippen LogP contribution is 2.50. The van der Waals surface area contributed by atoms with Crippen molar-refractivity contribution < 1.29 is 4.79 Å². The summed E-state index contributed by atoms with van der Waals surface area (Å²) in [4.78, 5) is 15.3. The Balaban J connectivity index is 1.70. The van der Waals surface area contributed by atoms with E-state index in [1.54, 1.807) is 17.0 Å². The summed E-state index contributed by atoms with van der Waals surface area (Å²) in [6.45, 7) is 4.15. The molecule has 6 nitrogen and oxygen atoms in total. The van der Waals surface area contributed by atoms with Gasteiger partial charge in [-0.1, -0.05) is 67.9 Å². The van der Waals surface area contributed by atoms with Gasteiger partial charge in [0.25, 0.3) is 0 Å². The number of aromatic nitrogens is 2. The second-order valence-electron chi connectivity index (χ2n) is 9.54. The van der Waals surface area contributed by atoms with E-state index in [0.717, 1.165) is 22.5 Å².